The van der Waals surface area contributed by atoms with Gasteiger partial charge in [0.1, 0.15) is 5.75 Å². The number of aliphatic hydroxyl groups is 1. The summed E-state index contributed by atoms with van der Waals surface area (Å²) in [4.78, 5) is 0. The molecule has 1 aliphatic rings. The highest BCUT2D eigenvalue weighted by Gasteiger charge is 2.20. The Labute approximate surface area is 110 Å². The van der Waals surface area contributed by atoms with Crippen molar-refractivity contribution in [2.24, 2.45) is 5.92 Å². The van der Waals surface area contributed by atoms with Crippen LogP contribution in [0, 0.1) is 12.8 Å². The molecule has 0 spiro atoms. The number of benzene rings is 1. The maximum Gasteiger partial charge on any atom is 0.122 e. The monoisotopic (exact) mass is 248 g/mol. The average molecular weight is 248 g/mol. The van der Waals surface area contributed by atoms with Crippen LogP contribution in [-0.4, -0.2) is 11.2 Å². The van der Waals surface area contributed by atoms with Crippen molar-refractivity contribution in [1.29, 1.82) is 0 Å². The lowest BCUT2D eigenvalue weighted by Crippen LogP contribution is -2.24. The minimum atomic E-state index is -0.410. The normalized spacial score (nSPS) is 25.8. The number of hydrogen-bond donors (Lipinski definition) is 1. The summed E-state index contributed by atoms with van der Waals surface area (Å²) in [7, 11) is 0. The molecule has 18 heavy (non-hydrogen) atoms. The van der Waals surface area contributed by atoms with Crippen LogP contribution in [0.3, 0.4) is 0 Å². The quantitative estimate of drug-likeness (QED) is 0.876. The van der Waals surface area contributed by atoms with E-state index in [0.29, 0.717) is 6.10 Å². The summed E-state index contributed by atoms with van der Waals surface area (Å²) in [6, 6.07) is 5.97. The molecule has 1 N–H and O–H groups in total. The van der Waals surface area contributed by atoms with Gasteiger partial charge in [-0.15, -0.1) is 0 Å². The molecule has 2 heteroatoms. The van der Waals surface area contributed by atoms with Gasteiger partial charge in [-0.3, -0.25) is 0 Å². The predicted octanol–water partition coefficient (Wildman–Crippen LogP) is 4.01. The molecular weight excluding hydrogens is 224 g/mol. The Hall–Kier alpha value is -1.02. The maximum absolute atomic E-state index is 9.55. The fraction of sp³-hybridized carbons (Fsp3) is 0.625. The summed E-state index contributed by atoms with van der Waals surface area (Å²) in [6.07, 6.45) is 4.90. The molecule has 0 radical (unpaired) electrons. The van der Waals surface area contributed by atoms with Crippen LogP contribution in [0.5, 0.6) is 5.75 Å². The van der Waals surface area contributed by atoms with Crippen molar-refractivity contribution in [2.75, 3.05) is 0 Å². The molecule has 2 unspecified atom stereocenters. The Kier molecular flexibility index (Phi) is 4.28. The molecule has 1 aliphatic carbocycles. The zero-order chi connectivity index (χ0) is 13.1. The van der Waals surface area contributed by atoms with Gasteiger partial charge in [-0.25, -0.2) is 0 Å². The fourth-order valence-electron chi connectivity index (χ4n) is 2.73. The lowest BCUT2D eigenvalue weighted by molar-refractivity contribution is 0.128. The lowest BCUT2D eigenvalue weighted by Gasteiger charge is -2.28. The van der Waals surface area contributed by atoms with Crippen molar-refractivity contribution < 1.29 is 9.84 Å². The van der Waals surface area contributed by atoms with Crippen molar-refractivity contribution in [3.05, 3.63) is 29.3 Å². The Bertz CT molecular complexity index is 398. The van der Waals surface area contributed by atoms with Crippen molar-refractivity contribution >= 4 is 0 Å². The van der Waals surface area contributed by atoms with Gasteiger partial charge in [0, 0.05) is 0 Å². The van der Waals surface area contributed by atoms with E-state index in [9.17, 15) is 5.11 Å². The first-order valence-corrected chi connectivity index (χ1v) is 7.01. The van der Waals surface area contributed by atoms with Gasteiger partial charge in [0.2, 0.25) is 0 Å². The number of aliphatic hydroxyl groups excluding tert-OH is 1. The van der Waals surface area contributed by atoms with E-state index in [1.807, 2.05) is 25.1 Å². The minimum absolute atomic E-state index is 0.366. The number of hydrogen-bond acceptors (Lipinski definition) is 2. The molecule has 2 rings (SSSR count). The molecule has 1 saturated carbocycles. The van der Waals surface area contributed by atoms with Crippen molar-refractivity contribution in [2.45, 2.75) is 58.7 Å². The van der Waals surface area contributed by atoms with E-state index in [0.717, 1.165) is 29.2 Å². The largest absolute Gasteiger partial charge is 0.490 e. The van der Waals surface area contributed by atoms with E-state index >= 15 is 0 Å². The van der Waals surface area contributed by atoms with Crippen LogP contribution in [0.1, 0.15) is 56.8 Å². The number of aryl methyl sites for hydroxylation is 1. The summed E-state index contributed by atoms with van der Waals surface area (Å²) in [5.41, 5.74) is 2.07. The van der Waals surface area contributed by atoms with Gasteiger partial charge in [-0.1, -0.05) is 19.4 Å². The molecular formula is C16H24O2. The van der Waals surface area contributed by atoms with E-state index in [1.54, 1.807) is 6.92 Å². The summed E-state index contributed by atoms with van der Waals surface area (Å²) in [5.74, 6) is 1.75. The van der Waals surface area contributed by atoms with E-state index < -0.39 is 6.10 Å². The molecule has 100 valence electrons. The lowest BCUT2D eigenvalue weighted by atomic mass is 9.88. The SMILES string of the molecule is Cc1cc([C@H](C)O)ccc1OC1CCCC(C)C1. The van der Waals surface area contributed by atoms with Crippen molar-refractivity contribution in [3.63, 3.8) is 0 Å². The molecule has 1 aromatic carbocycles. The number of rotatable bonds is 3. The summed E-state index contributed by atoms with van der Waals surface area (Å²) < 4.78 is 6.11. The van der Waals surface area contributed by atoms with Gasteiger partial charge in [-0.2, -0.15) is 0 Å². The Morgan fingerprint density at radius 2 is 2.11 bits per heavy atom. The van der Waals surface area contributed by atoms with Crippen LogP contribution >= 0.6 is 0 Å². The molecule has 3 atom stereocenters. The summed E-state index contributed by atoms with van der Waals surface area (Å²) in [6.45, 7) is 6.14. The van der Waals surface area contributed by atoms with Gasteiger partial charge in [-0.05, 0) is 62.3 Å². The van der Waals surface area contributed by atoms with Gasteiger partial charge in [0.05, 0.1) is 12.2 Å². The highest BCUT2D eigenvalue weighted by Crippen LogP contribution is 2.29. The van der Waals surface area contributed by atoms with Crippen molar-refractivity contribution in [1.82, 2.24) is 0 Å². The zero-order valence-corrected chi connectivity index (χ0v) is 11.6. The van der Waals surface area contributed by atoms with Gasteiger partial charge < -0.3 is 9.84 Å². The highest BCUT2D eigenvalue weighted by atomic mass is 16.5. The Morgan fingerprint density at radius 1 is 1.33 bits per heavy atom. The molecule has 0 heterocycles. The third-order valence-electron chi connectivity index (χ3n) is 3.86. The number of ether oxygens (including phenoxy) is 1. The predicted molar refractivity (Wildman–Crippen MR) is 73.9 cm³/mol. The highest BCUT2D eigenvalue weighted by molar-refractivity contribution is 5.37. The van der Waals surface area contributed by atoms with Crippen LogP contribution in [0.2, 0.25) is 0 Å². The Balaban J connectivity index is 2.05. The third kappa shape index (κ3) is 3.26. The standard InChI is InChI=1S/C16H24O2/c1-11-5-4-6-15(9-11)18-16-8-7-14(13(3)17)10-12(16)2/h7-8,10-11,13,15,17H,4-6,9H2,1-3H3/t11?,13-,15?/m0/s1. The van der Waals surface area contributed by atoms with Gasteiger partial charge in [0.15, 0.2) is 0 Å². The first-order valence-electron chi connectivity index (χ1n) is 7.01. The summed E-state index contributed by atoms with van der Waals surface area (Å²) >= 11 is 0. The molecule has 0 aliphatic heterocycles. The fourth-order valence-corrected chi connectivity index (χ4v) is 2.73. The molecule has 1 aromatic rings. The van der Waals surface area contributed by atoms with Crippen LogP contribution in [0.15, 0.2) is 18.2 Å². The van der Waals surface area contributed by atoms with Gasteiger partial charge >= 0.3 is 0 Å². The maximum atomic E-state index is 9.55. The minimum Gasteiger partial charge on any atom is -0.490 e. The van der Waals surface area contributed by atoms with Crippen LogP contribution in [-0.2, 0) is 0 Å². The molecule has 0 aromatic heterocycles. The van der Waals surface area contributed by atoms with E-state index in [4.69, 9.17) is 4.74 Å². The molecule has 0 bridgehead atoms. The molecule has 0 saturated heterocycles. The second kappa shape index (κ2) is 5.75. The third-order valence-corrected chi connectivity index (χ3v) is 3.86. The topological polar surface area (TPSA) is 29.5 Å². The van der Waals surface area contributed by atoms with Gasteiger partial charge in [0.25, 0.3) is 0 Å². The molecule has 0 amide bonds. The van der Waals surface area contributed by atoms with E-state index in [-0.39, 0.29) is 0 Å². The Morgan fingerprint density at radius 3 is 2.72 bits per heavy atom. The van der Waals surface area contributed by atoms with E-state index in [2.05, 4.69) is 6.92 Å². The van der Waals surface area contributed by atoms with E-state index in [1.165, 1.54) is 19.3 Å². The summed E-state index contributed by atoms with van der Waals surface area (Å²) in [5, 5.41) is 9.55. The smallest absolute Gasteiger partial charge is 0.122 e. The van der Waals surface area contributed by atoms with Crippen LogP contribution in [0.25, 0.3) is 0 Å². The van der Waals surface area contributed by atoms with Crippen molar-refractivity contribution in [3.8, 4) is 5.75 Å². The second-order valence-electron chi connectivity index (χ2n) is 5.71. The van der Waals surface area contributed by atoms with Crippen LogP contribution < -0.4 is 4.74 Å². The molecule has 1 fully saturated rings. The first-order chi connectivity index (χ1) is 8.56. The first kappa shape index (κ1) is 13.4. The van der Waals surface area contributed by atoms with Crippen LogP contribution in [0.4, 0.5) is 0 Å². The average Bonchev–Trinajstić information content (AvgIpc) is 2.31. The second-order valence-corrected chi connectivity index (χ2v) is 5.71. The zero-order valence-electron chi connectivity index (χ0n) is 11.6. The molecule has 2 nitrogen and oxygen atoms in total.